The summed E-state index contributed by atoms with van der Waals surface area (Å²) < 4.78 is 0. The van der Waals surface area contributed by atoms with Crippen molar-refractivity contribution < 1.29 is 0 Å². The van der Waals surface area contributed by atoms with Crippen LogP contribution in [0.2, 0.25) is 0 Å². The third-order valence-corrected chi connectivity index (χ3v) is 1.99. The molecule has 57 valence electrons. The van der Waals surface area contributed by atoms with Gasteiger partial charge in [0.1, 0.15) is 0 Å². The number of nitrogens with zero attached hydrogens (tertiary/aromatic N) is 1. The quantitative estimate of drug-likeness (QED) is 0.621. The lowest BCUT2D eigenvalue weighted by Crippen LogP contribution is -2.00. The van der Waals surface area contributed by atoms with Crippen molar-refractivity contribution in [1.29, 1.82) is 0 Å². The van der Waals surface area contributed by atoms with Crippen molar-refractivity contribution >= 4 is 5.69 Å². The predicted molar refractivity (Wildman–Crippen MR) is 45.8 cm³/mol. The fourth-order valence-electron chi connectivity index (χ4n) is 1.07. The zero-order valence-corrected chi connectivity index (χ0v) is 6.53. The monoisotopic (exact) mass is 146 g/mol. The highest BCUT2D eigenvalue weighted by molar-refractivity contribution is 5.34. The van der Waals surface area contributed by atoms with Gasteiger partial charge in [0, 0.05) is 6.54 Å². The Labute approximate surface area is 67.4 Å². The number of benzene rings is 1. The topological polar surface area (TPSA) is 14.1 Å². The molecule has 1 aromatic rings. The van der Waals surface area contributed by atoms with Gasteiger partial charge in [0.15, 0.2) is 0 Å². The van der Waals surface area contributed by atoms with Crippen LogP contribution >= 0.6 is 0 Å². The Bertz CT molecular complexity index is 214. The second-order valence-electron chi connectivity index (χ2n) is 3.12. The van der Waals surface area contributed by atoms with E-state index in [4.69, 9.17) is 0 Å². The van der Waals surface area contributed by atoms with Crippen molar-refractivity contribution in [1.82, 2.24) is 5.32 Å². The molecule has 0 aromatic heterocycles. The standard InChI is InChI=1S/C10H12N/c1-2-4-10(5-3-1)11-8-9-6-7-9/h1-5,9H,6-8H2. The van der Waals surface area contributed by atoms with Crippen LogP contribution in [-0.2, 0) is 0 Å². The maximum Gasteiger partial charge on any atom is 0.0574 e. The van der Waals surface area contributed by atoms with Crippen LogP contribution in [0, 0.1) is 5.92 Å². The van der Waals surface area contributed by atoms with E-state index in [1.54, 1.807) is 0 Å². The first-order valence-corrected chi connectivity index (χ1v) is 4.18. The van der Waals surface area contributed by atoms with E-state index < -0.39 is 0 Å². The Balaban J connectivity index is 1.85. The maximum atomic E-state index is 4.47. The van der Waals surface area contributed by atoms with Gasteiger partial charge in [0.25, 0.3) is 0 Å². The Kier molecular flexibility index (Phi) is 1.80. The molecule has 1 aliphatic rings. The fraction of sp³-hybridized carbons (Fsp3) is 0.400. The lowest BCUT2D eigenvalue weighted by atomic mass is 10.3. The molecule has 0 bridgehead atoms. The van der Waals surface area contributed by atoms with Crippen LogP contribution in [0.1, 0.15) is 12.8 Å². The SMILES string of the molecule is c1ccc([N]CC2CC2)cc1. The van der Waals surface area contributed by atoms with Gasteiger partial charge in [-0.3, -0.25) is 5.32 Å². The molecule has 1 fully saturated rings. The summed E-state index contributed by atoms with van der Waals surface area (Å²) in [4.78, 5) is 0. The van der Waals surface area contributed by atoms with Gasteiger partial charge in [-0.2, -0.15) is 0 Å². The first kappa shape index (κ1) is 6.71. The molecule has 0 heterocycles. The van der Waals surface area contributed by atoms with Crippen molar-refractivity contribution in [3.05, 3.63) is 30.3 Å². The van der Waals surface area contributed by atoms with E-state index in [1.165, 1.54) is 12.8 Å². The molecular formula is C10H12N. The average Bonchev–Trinajstić information content (AvgIpc) is 2.86. The van der Waals surface area contributed by atoms with Gasteiger partial charge < -0.3 is 0 Å². The predicted octanol–water partition coefficient (Wildman–Crippen LogP) is 2.33. The molecule has 0 amide bonds. The number of rotatable bonds is 3. The minimum absolute atomic E-state index is 0.898. The molecule has 1 aliphatic carbocycles. The molecule has 2 rings (SSSR count). The van der Waals surface area contributed by atoms with Gasteiger partial charge in [-0.15, -0.1) is 0 Å². The third-order valence-electron chi connectivity index (χ3n) is 1.99. The van der Waals surface area contributed by atoms with Crippen molar-refractivity contribution in [2.24, 2.45) is 5.92 Å². The summed E-state index contributed by atoms with van der Waals surface area (Å²) in [5, 5.41) is 4.47. The average molecular weight is 146 g/mol. The fourth-order valence-corrected chi connectivity index (χ4v) is 1.07. The van der Waals surface area contributed by atoms with E-state index >= 15 is 0 Å². The summed E-state index contributed by atoms with van der Waals surface area (Å²) >= 11 is 0. The first-order chi connectivity index (χ1) is 5.45. The first-order valence-electron chi connectivity index (χ1n) is 4.18. The lowest BCUT2D eigenvalue weighted by molar-refractivity contribution is 0.744. The molecule has 0 atom stereocenters. The van der Waals surface area contributed by atoms with Gasteiger partial charge in [-0.1, -0.05) is 18.2 Å². The Morgan fingerprint density at radius 1 is 1.18 bits per heavy atom. The highest BCUT2D eigenvalue weighted by Gasteiger charge is 2.21. The molecule has 1 saturated carbocycles. The molecule has 1 heteroatoms. The van der Waals surface area contributed by atoms with Crippen LogP contribution in [0.4, 0.5) is 5.69 Å². The largest absolute Gasteiger partial charge is 0.285 e. The number of hydrogen-bond acceptors (Lipinski definition) is 0. The van der Waals surface area contributed by atoms with Crippen molar-refractivity contribution in [2.45, 2.75) is 12.8 Å². The number of para-hydroxylation sites is 1. The van der Waals surface area contributed by atoms with Gasteiger partial charge in [-0.25, -0.2) is 0 Å². The minimum Gasteiger partial charge on any atom is -0.285 e. The third kappa shape index (κ3) is 1.97. The van der Waals surface area contributed by atoms with Crippen molar-refractivity contribution in [2.75, 3.05) is 6.54 Å². The molecular weight excluding hydrogens is 134 g/mol. The molecule has 0 unspecified atom stereocenters. The van der Waals surface area contributed by atoms with E-state index in [2.05, 4.69) is 17.4 Å². The highest BCUT2D eigenvalue weighted by atomic mass is 14.9. The van der Waals surface area contributed by atoms with Crippen LogP contribution in [0.25, 0.3) is 0 Å². The van der Waals surface area contributed by atoms with E-state index in [-0.39, 0.29) is 0 Å². The van der Waals surface area contributed by atoms with Crippen LogP contribution in [0.3, 0.4) is 0 Å². The van der Waals surface area contributed by atoms with E-state index in [0.29, 0.717) is 0 Å². The van der Waals surface area contributed by atoms with Gasteiger partial charge in [-0.05, 0) is 30.9 Å². The number of hydrogen-bond donors (Lipinski definition) is 0. The highest BCUT2D eigenvalue weighted by Crippen LogP contribution is 2.28. The van der Waals surface area contributed by atoms with E-state index in [9.17, 15) is 0 Å². The van der Waals surface area contributed by atoms with Crippen LogP contribution in [-0.4, -0.2) is 6.54 Å². The maximum absolute atomic E-state index is 4.47. The van der Waals surface area contributed by atoms with Crippen molar-refractivity contribution in [3.63, 3.8) is 0 Å². The molecule has 0 saturated heterocycles. The molecule has 1 aromatic carbocycles. The molecule has 11 heavy (non-hydrogen) atoms. The summed E-state index contributed by atoms with van der Waals surface area (Å²) in [7, 11) is 0. The molecule has 0 spiro atoms. The van der Waals surface area contributed by atoms with Gasteiger partial charge >= 0.3 is 0 Å². The van der Waals surface area contributed by atoms with Crippen LogP contribution < -0.4 is 5.32 Å². The molecule has 1 nitrogen and oxygen atoms in total. The van der Waals surface area contributed by atoms with Gasteiger partial charge in [0.2, 0.25) is 0 Å². The van der Waals surface area contributed by atoms with E-state index in [1.807, 2.05) is 18.2 Å². The summed E-state index contributed by atoms with van der Waals surface area (Å²) in [6.45, 7) is 1.03. The molecule has 0 aliphatic heterocycles. The smallest absolute Gasteiger partial charge is 0.0574 e. The Morgan fingerprint density at radius 2 is 1.91 bits per heavy atom. The van der Waals surface area contributed by atoms with E-state index in [0.717, 1.165) is 18.2 Å². The lowest BCUT2D eigenvalue weighted by Gasteiger charge is -1.99. The molecule has 0 N–H and O–H groups in total. The Hall–Kier alpha value is -0.980. The normalized spacial score (nSPS) is 16.4. The van der Waals surface area contributed by atoms with Gasteiger partial charge in [0.05, 0.1) is 5.69 Å². The summed E-state index contributed by atoms with van der Waals surface area (Å²) in [5.74, 6) is 0.898. The van der Waals surface area contributed by atoms with Crippen molar-refractivity contribution in [3.8, 4) is 0 Å². The summed E-state index contributed by atoms with van der Waals surface area (Å²) in [5.41, 5.74) is 1.12. The molecule has 1 radical (unpaired) electrons. The second kappa shape index (κ2) is 2.95. The zero-order chi connectivity index (χ0) is 7.52. The summed E-state index contributed by atoms with van der Waals surface area (Å²) in [6.07, 6.45) is 2.77. The van der Waals surface area contributed by atoms with Crippen LogP contribution in [0.15, 0.2) is 30.3 Å². The summed E-state index contributed by atoms with van der Waals surface area (Å²) in [6, 6.07) is 10.2. The van der Waals surface area contributed by atoms with Crippen LogP contribution in [0.5, 0.6) is 0 Å². The Morgan fingerprint density at radius 3 is 2.55 bits per heavy atom. The second-order valence-corrected chi connectivity index (χ2v) is 3.12. The minimum atomic E-state index is 0.898. The zero-order valence-electron chi connectivity index (χ0n) is 6.53.